The number of para-hydroxylation sites is 1. The van der Waals surface area contributed by atoms with E-state index < -0.39 is 4.92 Å². The lowest BCUT2D eigenvalue weighted by Gasteiger charge is -2.30. The van der Waals surface area contributed by atoms with Crippen molar-refractivity contribution >= 4 is 60.1 Å². The Labute approximate surface area is 196 Å². The maximum atomic E-state index is 12.9. The van der Waals surface area contributed by atoms with Crippen molar-refractivity contribution in [2.45, 2.75) is 32.9 Å². The first-order chi connectivity index (χ1) is 15.4. The molecule has 4 aromatic rings. The first-order valence-electron chi connectivity index (χ1n) is 10.2. The summed E-state index contributed by atoms with van der Waals surface area (Å²) in [6.07, 6.45) is 0.898. The second-order valence-electron chi connectivity index (χ2n) is 7.86. The van der Waals surface area contributed by atoms with E-state index in [2.05, 4.69) is 30.1 Å². The minimum atomic E-state index is -0.474. The van der Waals surface area contributed by atoms with E-state index in [-0.39, 0.29) is 10.9 Å². The van der Waals surface area contributed by atoms with Crippen LogP contribution >= 0.6 is 34.0 Å². The number of carbonyl (C=O) groups excluding carboxylic acids is 1. The summed E-state index contributed by atoms with van der Waals surface area (Å²) < 4.78 is 1.10. The Bertz CT molecular complexity index is 1300. The van der Waals surface area contributed by atoms with Crippen molar-refractivity contribution in [2.75, 3.05) is 11.9 Å². The Morgan fingerprint density at radius 2 is 2.00 bits per heavy atom. The van der Waals surface area contributed by atoms with Crippen molar-refractivity contribution in [1.82, 2.24) is 9.88 Å². The number of fused-ring (bicyclic) bond motifs is 2. The Hall–Kier alpha value is -2.66. The fraction of sp³-hybridized carbons (Fsp3) is 0.273. The summed E-state index contributed by atoms with van der Waals surface area (Å²) in [6.45, 7) is 6.19. The van der Waals surface area contributed by atoms with Crippen molar-refractivity contribution in [2.24, 2.45) is 0 Å². The molecule has 1 N–H and O–H groups in total. The van der Waals surface area contributed by atoms with Crippen molar-refractivity contribution in [1.29, 1.82) is 0 Å². The molecule has 0 saturated heterocycles. The van der Waals surface area contributed by atoms with Gasteiger partial charge in [0.1, 0.15) is 10.0 Å². The summed E-state index contributed by atoms with van der Waals surface area (Å²) in [4.78, 5) is 32.3. The highest BCUT2D eigenvalue weighted by Crippen LogP contribution is 2.46. The third-order valence-corrected chi connectivity index (χ3v) is 8.77. The molecule has 0 bridgehead atoms. The second-order valence-corrected chi connectivity index (χ2v) is 11.1. The number of rotatable bonds is 5. The van der Waals surface area contributed by atoms with Gasteiger partial charge in [-0.05, 0) is 44.0 Å². The minimum Gasteiger partial charge on any atom is -0.312 e. The molecule has 3 aromatic heterocycles. The molecule has 0 fully saturated rings. The van der Waals surface area contributed by atoms with Gasteiger partial charge in [-0.25, -0.2) is 4.98 Å². The van der Waals surface area contributed by atoms with Gasteiger partial charge in [-0.2, -0.15) is 0 Å². The third-order valence-electron chi connectivity index (χ3n) is 5.55. The van der Waals surface area contributed by atoms with E-state index in [1.165, 1.54) is 22.6 Å². The molecule has 1 aromatic carbocycles. The van der Waals surface area contributed by atoms with E-state index in [0.717, 1.165) is 56.6 Å². The van der Waals surface area contributed by atoms with Crippen LogP contribution in [0.25, 0.3) is 20.8 Å². The SMILES string of the molecule is CC(C)N1CCc2c(sc(NC(=O)c3ccc([N+](=O)[O-])s3)c2-c2nc3ccccc3s2)C1. The quantitative estimate of drug-likeness (QED) is 0.277. The van der Waals surface area contributed by atoms with Crippen LogP contribution in [-0.2, 0) is 13.0 Å². The molecule has 1 aliphatic rings. The first-order valence-corrected chi connectivity index (χ1v) is 12.7. The Morgan fingerprint density at radius 1 is 1.19 bits per heavy atom. The predicted molar refractivity (Wildman–Crippen MR) is 131 cm³/mol. The topological polar surface area (TPSA) is 88.4 Å². The summed E-state index contributed by atoms with van der Waals surface area (Å²) in [6, 6.07) is 11.3. The molecule has 10 heteroatoms. The molecule has 0 spiro atoms. The Morgan fingerprint density at radius 3 is 2.72 bits per heavy atom. The van der Waals surface area contributed by atoms with E-state index in [1.807, 2.05) is 18.2 Å². The van der Waals surface area contributed by atoms with Crippen molar-refractivity contribution in [3.05, 3.63) is 61.8 Å². The van der Waals surface area contributed by atoms with Gasteiger partial charge >= 0.3 is 5.00 Å². The van der Waals surface area contributed by atoms with Crippen LogP contribution in [0.5, 0.6) is 0 Å². The van der Waals surface area contributed by atoms with Gasteiger partial charge in [-0.1, -0.05) is 23.5 Å². The van der Waals surface area contributed by atoms with Crippen LogP contribution in [0, 0.1) is 10.1 Å². The average Bonchev–Trinajstić information content (AvgIpc) is 3.48. The number of carbonyl (C=O) groups is 1. The van der Waals surface area contributed by atoms with E-state index in [4.69, 9.17) is 4.98 Å². The number of nitro groups is 1. The first kappa shape index (κ1) is 21.2. The van der Waals surface area contributed by atoms with Crippen LogP contribution < -0.4 is 5.32 Å². The largest absolute Gasteiger partial charge is 0.324 e. The molecule has 0 radical (unpaired) electrons. The van der Waals surface area contributed by atoms with Gasteiger partial charge in [-0.15, -0.1) is 22.7 Å². The number of anilines is 1. The molecule has 1 amide bonds. The average molecular weight is 485 g/mol. The Kier molecular flexibility index (Phi) is 5.54. The number of nitrogens with zero attached hydrogens (tertiary/aromatic N) is 3. The van der Waals surface area contributed by atoms with Crippen molar-refractivity contribution in [3.63, 3.8) is 0 Å². The smallest absolute Gasteiger partial charge is 0.312 e. The molecule has 4 heterocycles. The summed E-state index contributed by atoms with van der Waals surface area (Å²) in [5.41, 5.74) is 3.19. The molecule has 0 unspecified atom stereocenters. The van der Waals surface area contributed by atoms with Crippen molar-refractivity contribution < 1.29 is 9.72 Å². The highest BCUT2D eigenvalue weighted by atomic mass is 32.1. The zero-order valence-corrected chi connectivity index (χ0v) is 19.9. The standard InChI is InChI=1S/C22H20N4O3S3/c1-12(2)25-10-9-13-17(11-25)32-22(24-20(27)16-7-8-18(30-16)26(28)29)19(13)21-23-14-5-3-4-6-15(14)31-21/h3-8,12H,9-11H2,1-2H3,(H,24,27). The lowest BCUT2D eigenvalue weighted by molar-refractivity contribution is -0.380. The van der Waals surface area contributed by atoms with Crippen LogP contribution in [0.15, 0.2) is 36.4 Å². The number of amides is 1. The second kappa shape index (κ2) is 8.36. The highest BCUT2D eigenvalue weighted by Gasteiger charge is 2.29. The van der Waals surface area contributed by atoms with Crippen LogP contribution in [0.3, 0.4) is 0 Å². The molecule has 1 aliphatic heterocycles. The minimum absolute atomic E-state index is 0.0420. The molecule has 0 saturated carbocycles. The van der Waals surface area contributed by atoms with E-state index in [0.29, 0.717) is 10.9 Å². The zero-order valence-electron chi connectivity index (χ0n) is 17.5. The maximum absolute atomic E-state index is 12.9. The van der Waals surface area contributed by atoms with Gasteiger partial charge in [-0.3, -0.25) is 19.8 Å². The number of benzene rings is 1. The molecule has 32 heavy (non-hydrogen) atoms. The monoisotopic (exact) mass is 484 g/mol. The summed E-state index contributed by atoms with van der Waals surface area (Å²) in [5, 5.41) is 15.7. The normalized spacial score (nSPS) is 14.1. The van der Waals surface area contributed by atoms with Crippen LogP contribution in [0.4, 0.5) is 10.0 Å². The maximum Gasteiger partial charge on any atom is 0.324 e. The van der Waals surface area contributed by atoms with Crippen molar-refractivity contribution in [3.8, 4) is 10.6 Å². The molecule has 7 nitrogen and oxygen atoms in total. The molecule has 0 atom stereocenters. The molecular formula is C22H20N4O3S3. The molecule has 0 aliphatic carbocycles. The predicted octanol–water partition coefficient (Wildman–Crippen LogP) is 6.01. The number of thiazole rings is 1. The lowest BCUT2D eigenvalue weighted by atomic mass is 10.0. The zero-order chi connectivity index (χ0) is 22.4. The molecule has 5 rings (SSSR count). The van der Waals surface area contributed by atoms with Gasteiger partial charge in [0.15, 0.2) is 0 Å². The summed E-state index contributed by atoms with van der Waals surface area (Å²) >= 11 is 4.10. The third kappa shape index (κ3) is 3.83. The number of hydrogen-bond donors (Lipinski definition) is 1. The van der Waals surface area contributed by atoms with Gasteiger partial charge < -0.3 is 5.32 Å². The van der Waals surface area contributed by atoms with Gasteiger partial charge in [0.05, 0.1) is 20.0 Å². The number of nitrogens with one attached hydrogen (secondary N) is 1. The molecule has 164 valence electrons. The molecular weight excluding hydrogens is 464 g/mol. The summed E-state index contributed by atoms with van der Waals surface area (Å²) in [7, 11) is 0. The van der Waals surface area contributed by atoms with E-state index >= 15 is 0 Å². The van der Waals surface area contributed by atoms with E-state index in [9.17, 15) is 14.9 Å². The fourth-order valence-corrected chi connectivity index (χ4v) is 6.96. The van der Waals surface area contributed by atoms with Crippen LogP contribution in [-0.4, -0.2) is 33.3 Å². The lowest BCUT2D eigenvalue weighted by Crippen LogP contribution is -2.35. The van der Waals surface area contributed by atoms with Gasteiger partial charge in [0.25, 0.3) is 5.91 Å². The van der Waals surface area contributed by atoms with Gasteiger partial charge in [0.2, 0.25) is 0 Å². The summed E-state index contributed by atoms with van der Waals surface area (Å²) in [5.74, 6) is -0.329. The number of hydrogen-bond acceptors (Lipinski definition) is 8. The van der Waals surface area contributed by atoms with Crippen LogP contribution in [0.1, 0.15) is 34.0 Å². The number of thiophene rings is 2. The number of aromatic nitrogens is 1. The fourth-order valence-electron chi connectivity index (χ4n) is 3.87. The van der Waals surface area contributed by atoms with Gasteiger partial charge in [0, 0.05) is 35.6 Å². The Balaban J connectivity index is 1.56. The van der Waals surface area contributed by atoms with Crippen LogP contribution in [0.2, 0.25) is 0 Å². The van der Waals surface area contributed by atoms with E-state index in [1.54, 1.807) is 22.7 Å². The highest BCUT2D eigenvalue weighted by molar-refractivity contribution is 7.23.